The predicted molar refractivity (Wildman–Crippen MR) is 242 cm³/mol. The van der Waals surface area contributed by atoms with Crippen molar-refractivity contribution in [2.45, 2.75) is 0 Å². The van der Waals surface area contributed by atoms with Crippen molar-refractivity contribution in [1.82, 2.24) is 24.9 Å². The standard InChI is InChI=1S/C6H2Cl2N2.C6H5F2N3.C6H2F2N2.C5H2Cl3N.C5H4Cl2NO.C5H3Cl2N.C2H3NS.CN.Cu.FH.K.2H2O/c7-4-1-5(8)6(2-9)10-3-4;7-3-1-4(8)5(6(9)10)11-2-3;7-4-1-5(8)6(2-9)10-3-4;6-3-1-4(7)5(8)9-2-3;6-4-1-5(7)3-8(9)2-4;6-4-1-5(7)3-8-2-4;1-4-2-3;1-2;;;;;/h1,3H;1-2H,(H3,9,10);1,3H;1-2H;1-3,9H;1-3H;1H3;;;1H;;2*1H2/q;;;;+1;;;-1;+1;;+1;;/p-1/i;;;;;;1T;;;;;;. The quantitative estimate of drug-likeness (QED) is 0.0238. The average Bonchev–Trinajstić information content (AvgIpc) is 3.21. The van der Waals surface area contributed by atoms with Crippen LogP contribution in [0.5, 0.6) is 0 Å². The number of pyridine rings is 6. The molecule has 8 N–H and O–H groups in total. The molecule has 0 saturated heterocycles. The molecule has 0 atom stereocenters. The Hall–Kier alpha value is -3.18. The van der Waals surface area contributed by atoms with Crippen molar-refractivity contribution < 1.29 is 113 Å². The molecule has 362 valence electrons. The summed E-state index contributed by atoms with van der Waals surface area (Å²) in [6, 6.07) is 10.7. The molecule has 0 aliphatic rings. The van der Waals surface area contributed by atoms with Gasteiger partial charge in [0, 0.05) is 43.0 Å². The van der Waals surface area contributed by atoms with Gasteiger partial charge in [-0.2, -0.15) is 15.8 Å². The molecule has 0 bridgehead atoms. The van der Waals surface area contributed by atoms with Gasteiger partial charge in [0.05, 0.1) is 42.5 Å². The van der Waals surface area contributed by atoms with Crippen molar-refractivity contribution in [2.75, 3.05) is 6.23 Å². The van der Waals surface area contributed by atoms with Crippen molar-refractivity contribution in [2.24, 2.45) is 5.73 Å². The Morgan fingerprint density at radius 3 is 1.41 bits per heavy atom. The van der Waals surface area contributed by atoms with Crippen LogP contribution in [0.2, 0.25) is 45.3 Å². The largest absolute Gasteiger partial charge is 1.00 e. The van der Waals surface area contributed by atoms with Crippen LogP contribution in [-0.4, -0.2) is 53.1 Å². The molecule has 0 aromatic carbocycles. The second-order valence-corrected chi connectivity index (χ2v) is 13.9. The molecule has 15 nitrogen and oxygen atoms in total. The minimum Gasteiger partial charge on any atom is -1.00 e. The number of hydrogen-bond donors (Lipinski definition) is 3. The zero-order chi connectivity index (χ0) is 49.4. The van der Waals surface area contributed by atoms with Gasteiger partial charge in [0.25, 0.3) is 0 Å². The van der Waals surface area contributed by atoms with Gasteiger partial charge in [0.1, 0.15) is 55.9 Å². The van der Waals surface area contributed by atoms with Crippen LogP contribution >= 0.6 is 116 Å². The summed E-state index contributed by atoms with van der Waals surface area (Å²) in [5.74, 6) is -3.92. The van der Waals surface area contributed by atoms with E-state index in [9.17, 15) is 17.6 Å². The number of hydrogen-bond acceptors (Lipinski definition) is 12. The van der Waals surface area contributed by atoms with Crippen LogP contribution in [0.4, 0.5) is 17.6 Å². The Kier molecular flexibility index (Phi) is 51.9. The third-order valence-corrected chi connectivity index (χ3v) is 7.52. The van der Waals surface area contributed by atoms with Gasteiger partial charge < -0.3 is 33.2 Å². The van der Waals surface area contributed by atoms with E-state index in [2.05, 4.69) is 24.9 Å². The fourth-order valence-electron chi connectivity index (χ4n) is 2.89. The van der Waals surface area contributed by atoms with E-state index in [0.29, 0.717) is 47.3 Å². The molecular formula is C36H25Cl9CuF5KN12O3S+. The third-order valence-electron chi connectivity index (χ3n) is 5.18. The Morgan fingerprint density at radius 2 is 1.09 bits per heavy atom. The normalized spacial score (nSPS) is 8.32. The number of thiocyanates is 1. The topological polar surface area (TPSA) is 297 Å². The van der Waals surface area contributed by atoms with E-state index in [1.165, 1.54) is 55.4 Å². The number of rotatable bonds is 1. The molecule has 6 aromatic heterocycles. The molecular weight excluding hydrogens is 1200 g/mol. The van der Waals surface area contributed by atoms with Crippen LogP contribution in [0.3, 0.4) is 0 Å². The number of nitrogen functional groups attached to an aromatic ring is 1. The smallest absolute Gasteiger partial charge is 1.00 e. The van der Waals surface area contributed by atoms with Crippen molar-refractivity contribution in [3.8, 4) is 17.5 Å². The van der Waals surface area contributed by atoms with Gasteiger partial charge in [-0.25, -0.2) is 37.5 Å². The predicted octanol–water partition coefficient (Wildman–Crippen LogP) is 4.37. The maximum absolute atomic E-state index is 12.6. The van der Waals surface area contributed by atoms with Crippen LogP contribution in [0, 0.1) is 73.8 Å². The average molecular weight is 1220 g/mol. The van der Waals surface area contributed by atoms with E-state index in [0.717, 1.165) is 28.9 Å². The van der Waals surface area contributed by atoms with E-state index >= 15 is 0 Å². The minimum absolute atomic E-state index is 0. The van der Waals surface area contributed by atoms with E-state index in [1.807, 2.05) is 6.07 Å². The first-order chi connectivity index (χ1) is 30.2. The van der Waals surface area contributed by atoms with Gasteiger partial charge in [-0.1, -0.05) is 104 Å². The molecule has 0 aliphatic heterocycles. The number of aromatic nitrogens is 6. The van der Waals surface area contributed by atoms with Crippen LogP contribution in [0.1, 0.15) is 18.5 Å². The number of nitrogens with zero attached hydrogens (tertiary/aromatic N) is 10. The number of thioether (sulfide) groups is 1. The zero-order valence-corrected chi connectivity index (χ0v) is 45.0. The van der Waals surface area contributed by atoms with Crippen LogP contribution in [0.15, 0.2) is 86.0 Å². The van der Waals surface area contributed by atoms with Gasteiger partial charge in [-0.15, -0.1) is 0 Å². The molecule has 0 unspecified atom stereocenters. The number of amidine groups is 1. The fraction of sp³-hybridized carbons (Fsp3) is 0.0278. The number of nitrogens with two attached hydrogens (primary N) is 1. The Morgan fingerprint density at radius 1 is 0.676 bits per heavy atom. The van der Waals surface area contributed by atoms with Gasteiger partial charge in [-0.3, -0.25) is 15.6 Å². The first-order valence-corrected chi connectivity index (χ1v) is 19.5. The fourth-order valence-corrected chi connectivity index (χ4v) is 4.69. The maximum atomic E-state index is 12.6. The van der Waals surface area contributed by atoms with E-state index in [4.69, 9.17) is 150 Å². The molecule has 0 spiro atoms. The van der Waals surface area contributed by atoms with Gasteiger partial charge in [0.2, 0.25) is 12.4 Å². The molecule has 0 fully saturated rings. The van der Waals surface area contributed by atoms with Gasteiger partial charge >= 0.3 is 68.5 Å². The van der Waals surface area contributed by atoms with Crippen LogP contribution in [0.25, 0.3) is 0 Å². The first-order valence-electron chi connectivity index (χ1n) is 15.8. The summed E-state index contributed by atoms with van der Waals surface area (Å²) in [5.41, 5.74) is 4.41. The maximum Gasteiger partial charge on any atom is 1.00 e. The molecule has 0 radical (unpaired) electrons. The monoisotopic (exact) mass is 1220 g/mol. The summed E-state index contributed by atoms with van der Waals surface area (Å²) in [7, 11) is 0. The van der Waals surface area contributed by atoms with E-state index < -0.39 is 29.1 Å². The molecule has 0 amide bonds. The molecule has 6 aromatic rings. The molecule has 6 heterocycles. The number of nitrogens with one attached hydrogen (secondary N) is 1. The van der Waals surface area contributed by atoms with Gasteiger partial charge in [-0.05, 0) is 42.3 Å². The minimum atomic E-state index is -0.928. The molecule has 68 heavy (non-hydrogen) atoms. The van der Waals surface area contributed by atoms with Crippen molar-refractivity contribution >= 4 is 122 Å². The van der Waals surface area contributed by atoms with E-state index in [1.54, 1.807) is 17.5 Å². The Labute approximate surface area is 488 Å². The summed E-state index contributed by atoms with van der Waals surface area (Å²) in [5, 5.41) is 51.5. The molecule has 0 aliphatic carbocycles. The first kappa shape index (κ1) is 76.3. The number of nitriles is 3. The van der Waals surface area contributed by atoms with Crippen molar-refractivity contribution in [1.29, 1.82) is 26.5 Å². The molecule has 32 heteroatoms. The van der Waals surface area contributed by atoms with Crippen LogP contribution < -0.4 is 66.6 Å². The zero-order valence-electron chi connectivity index (χ0n) is 34.3. The summed E-state index contributed by atoms with van der Waals surface area (Å²) in [4.78, 5) is 17.5. The molecule has 6 rings (SSSR count). The van der Waals surface area contributed by atoms with E-state index in [-0.39, 0.29) is 118 Å². The SMILES string of the molecule is Clc1cnc(Cl)c(Cl)c1.Clc1cncc(Cl)c1.N#Cc1ncc(Cl)cc1Cl.N#Cc1ncc(F)cc1F.N=C(N)c1ncc(F)cc1F.O.O.O[n+]1cc(Cl)cc(Cl)c1.[3H]CSC#N.[C-]#N.[Cu+].[F-].[K+]. The second kappa shape index (κ2) is 46.2. The van der Waals surface area contributed by atoms with Crippen LogP contribution in [-0.2, 0) is 17.1 Å². The molecule has 0 saturated carbocycles. The Bertz CT molecular complexity index is 2470. The van der Waals surface area contributed by atoms with Gasteiger partial charge in [0.15, 0.2) is 23.0 Å². The Balaban J connectivity index is -0.000000129. The second-order valence-electron chi connectivity index (χ2n) is 9.62. The van der Waals surface area contributed by atoms with Crippen molar-refractivity contribution in [3.05, 3.63) is 178 Å². The summed E-state index contributed by atoms with van der Waals surface area (Å²) < 4.78 is 56.3. The summed E-state index contributed by atoms with van der Waals surface area (Å²) in [6.07, 6.45) is 10.3. The number of halogens is 14. The third kappa shape index (κ3) is 37.7. The van der Waals surface area contributed by atoms with Crippen molar-refractivity contribution in [3.63, 3.8) is 0 Å². The summed E-state index contributed by atoms with van der Waals surface area (Å²) in [6.45, 7) is 4.75. The summed E-state index contributed by atoms with van der Waals surface area (Å²) >= 11 is 50.5.